The van der Waals surface area contributed by atoms with Gasteiger partial charge in [0.1, 0.15) is 11.6 Å². The maximum atomic E-state index is 13.2. The lowest BCUT2D eigenvalue weighted by Gasteiger charge is -2.05. The Hall–Kier alpha value is -2.44. The van der Waals surface area contributed by atoms with Gasteiger partial charge < -0.3 is 15.0 Å². The summed E-state index contributed by atoms with van der Waals surface area (Å²) in [6.07, 6.45) is 2.02. The molecule has 23 heavy (non-hydrogen) atoms. The second-order valence-electron chi connectivity index (χ2n) is 5.42. The Bertz CT molecular complexity index is 712. The fourth-order valence-electron chi connectivity index (χ4n) is 2.41. The second-order valence-corrected chi connectivity index (χ2v) is 5.42. The van der Waals surface area contributed by atoms with Crippen LogP contribution in [0.4, 0.5) is 4.39 Å². The van der Waals surface area contributed by atoms with Crippen molar-refractivity contribution in [2.24, 2.45) is 7.05 Å². The van der Waals surface area contributed by atoms with E-state index in [-0.39, 0.29) is 18.1 Å². The van der Waals surface area contributed by atoms with Gasteiger partial charge in [0.2, 0.25) is 5.91 Å². The molecule has 2 aromatic rings. The summed E-state index contributed by atoms with van der Waals surface area (Å²) in [5, 5.41) is 11.3. The summed E-state index contributed by atoms with van der Waals surface area (Å²) in [6, 6.07) is 4.47. The van der Waals surface area contributed by atoms with Crippen LogP contribution in [0.1, 0.15) is 31.5 Å². The number of nitrogens with zero attached hydrogens (tertiary/aromatic N) is 2. The van der Waals surface area contributed by atoms with E-state index in [2.05, 4.69) is 10.3 Å². The minimum atomic E-state index is -0.844. The molecule has 0 aliphatic rings. The Morgan fingerprint density at radius 2 is 2.04 bits per heavy atom. The molecule has 1 aromatic carbocycles. The Labute approximate surface area is 133 Å². The first kappa shape index (κ1) is 16.9. The van der Waals surface area contributed by atoms with Crippen LogP contribution < -0.4 is 5.32 Å². The molecule has 1 amide bonds. The van der Waals surface area contributed by atoms with E-state index in [1.54, 1.807) is 6.07 Å². The molecule has 0 atom stereocenters. The van der Waals surface area contributed by atoms with Crippen molar-refractivity contribution in [2.75, 3.05) is 6.54 Å². The average molecular weight is 321 g/mol. The van der Waals surface area contributed by atoms with E-state index in [1.165, 1.54) is 12.1 Å². The van der Waals surface area contributed by atoms with Crippen molar-refractivity contribution in [3.63, 3.8) is 0 Å². The first-order chi connectivity index (χ1) is 11.0. The molecule has 0 aliphatic heterocycles. The van der Waals surface area contributed by atoms with Crippen molar-refractivity contribution < 1.29 is 19.1 Å². The molecule has 0 spiro atoms. The molecule has 0 saturated carbocycles. The van der Waals surface area contributed by atoms with Gasteiger partial charge in [0.25, 0.3) is 0 Å². The Kier molecular flexibility index (Phi) is 5.67. The quantitative estimate of drug-likeness (QED) is 0.729. The third-order valence-electron chi connectivity index (χ3n) is 3.65. The zero-order valence-corrected chi connectivity index (χ0v) is 13.0. The van der Waals surface area contributed by atoms with Crippen molar-refractivity contribution in [3.05, 3.63) is 29.8 Å². The molecule has 0 radical (unpaired) electrons. The van der Waals surface area contributed by atoms with E-state index in [4.69, 9.17) is 5.11 Å². The monoisotopic (exact) mass is 321 g/mol. The molecule has 6 nitrogen and oxygen atoms in total. The molecular formula is C16H20FN3O3. The molecule has 0 saturated heterocycles. The lowest BCUT2D eigenvalue weighted by atomic mass is 10.2. The van der Waals surface area contributed by atoms with Gasteiger partial charge in [-0.25, -0.2) is 9.37 Å². The number of fused-ring (bicyclic) bond motifs is 1. The van der Waals surface area contributed by atoms with Gasteiger partial charge in [-0.05, 0) is 25.0 Å². The summed E-state index contributed by atoms with van der Waals surface area (Å²) in [4.78, 5) is 26.4. The van der Waals surface area contributed by atoms with Crippen LogP contribution in [-0.2, 0) is 23.1 Å². The summed E-state index contributed by atoms with van der Waals surface area (Å²) < 4.78 is 15.1. The minimum Gasteiger partial charge on any atom is -0.481 e. The van der Waals surface area contributed by atoms with Crippen LogP contribution in [0.2, 0.25) is 0 Å². The number of aryl methyl sites for hydroxylation is 1. The molecule has 0 aliphatic carbocycles. The summed E-state index contributed by atoms with van der Waals surface area (Å²) in [5.41, 5.74) is 1.45. The number of aromatic nitrogens is 2. The number of aliphatic carboxylic acids is 1. The molecular weight excluding hydrogens is 301 g/mol. The number of imidazole rings is 1. The summed E-state index contributed by atoms with van der Waals surface area (Å²) in [6.45, 7) is 0.442. The number of unbranched alkanes of at least 4 members (excludes halogenated alkanes) is 1. The van der Waals surface area contributed by atoms with Crippen molar-refractivity contribution >= 4 is 22.9 Å². The Morgan fingerprint density at radius 3 is 2.78 bits per heavy atom. The molecule has 2 rings (SSSR count). The van der Waals surface area contributed by atoms with E-state index in [0.717, 1.165) is 11.3 Å². The topological polar surface area (TPSA) is 84.2 Å². The molecule has 0 bridgehead atoms. The van der Waals surface area contributed by atoms with Crippen molar-refractivity contribution in [1.29, 1.82) is 0 Å². The van der Waals surface area contributed by atoms with Crippen LogP contribution >= 0.6 is 0 Å². The van der Waals surface area contributed by atoms with E-state index in [1.807, 2.05) is 11.6 Å². The highest BCUT2D eigenvalue weighted by Gasteiger charge is 2.09. The lowest BCUT2D eigenvalue weighted by Crippen LogP contribution is -2.26. The van der Waals surface area contributed by atoms with E-state index >= 15 is 0 Å². The van der Waals surface area contributed by atoms with Crippen LogP contribution in [0.3, 0.4) is 0 Å². The number of halogens is 1. The first-order valence-electron chi connectivity index (χ1n) is 7.56. The van der Waals surface area contributed by atoms with E-state index < -0.39 is 5.97 Å². The highest BCUT2D eigenvalue weighted by molar-refractivity contribution is 5.76. The molecule has 2 N–H and O–H groups in total. The standard InChI is InChI=1S/C16H20FN3O3/c1-20-13-7-6-11(17)10-12(13)19-14(20)8-9-18-15(21)4-2-3-5-16(22)23/h6-7,10H,2-5,8-9H2,1H3,(H,18,21)(H,22,23). The molecule has 1 aromatic heterocycles. The molecule has 1 heterocycles. The minimum absolute atomic E-state index is 0.0870. The second kappa shape index (κ2) is 7.71. The lowest BCUT2D eigenvalue weighted by molar-refractivity contribution is -0.137. The fraction of sp³-hybridized carbons (Fsp3) is 0.438. The maximum Gasteiger partial charge on any atom is 0.303 e. The van der Waals surface area contributed by atoms with Crippen LogP contribution in [0.25, 0.3) is 11.0 Å². The number of amides is 1. The van der Waals surface area contributed by atoms with Crippen molar-refractivity contribution in [3.8, 4) is 0 Å². The van der Waals surface area contributed by atoms with Crippen LogP contribution in [0, 0.1) is 5.82 Å². The zero-order chi connectivity index (χ0) is 16.8. The number of hydrogen-bond acceptors (Lipinski definition) is 3. The molecule has 7 heteroatoms. The van der Waals surface area contributed by atoms with Gasteiger partial charge >= 0.3 is 5.97 Å². The number of hydrogen-bond donors (Lipinski definition) is 2. The predicted octanol–water partition coefficient (Wildman–Crippen LogP) is 2.02. The molecule has 124 valence electrons. The van der Waals surface area contributed by atoms with E-state index in [0.29, 0.717) is 37.7 Å². The number of carbonyl (C=O) groups excluding carboxylic acids is 1. The van der Waals surface area contributed by atoms with E-state index in [9.17, 15) is 14.0 Å². The Morgan fingerprint density at radius 1 is 1.30 bits per heavy atom. The molecule has 0 unspecified atom stereocenters. The van der Waals surface area contributed by atoms with Crippen molar-refractivity contribution in [1.82, 2.24) is 14.9 Å². The number of carbonyl (C=O) groups is 2. The average Bonchev–Trinajstić information content (AvgIpc) is 2.79. The number of carboxylic acid groups (broad SMARTS) is 1. The third kappa shape index (κ3) is 4.77. The fourth-order valence-corrected chi connectivity index (χ4v) is 2.41. The number of nitrogens with one attached hydrogen (secondary N) is 1. The predicted molar refractivity (Wildman–Crippen MR) is 83.5 cm³/mol. The van der Waals surface area contributed by atoms with Gasteiger partial charge in [0, 0.05) is 38.9 Å². The zero-order valence-electron chi connectivity index (χ0n) is 13.0. The summed E-state index contributed by atoms with van der Waals surface area (Å²) >= 11 is 0. The van der Waals surface area contributed by atoms with Gasteiger partial charge in [-0.2, -0.15) is 0 Å². The van der Waals surface area contributed by atoms with Crippen molar-refractivity contribution in [2.45, 2.75) is 32.1 Å². The van der Waals surface area contributed by atoms with Gasteiger partial charge in [0.05, 0.1) is 11.0 Å². The van der Waals surface area contributed by atoms with Gasteiger partial charge in [-0.15, -0.1) is 0 Å². The number of rotatable bonds is 8. The summed E-state index contributed by atoms with van der Waals surface area (Å²) in [7, 11) is 1.86. The van der Waals surface area contributed by atoms with Gasteiger partial charge in [-0.3, -0.25) is 9.59 Å². The summed E-state index contributed by atoms with van der Waals surface area (Å²) in [5.74, 6) is -0.488. The number of carboxylic acids is 1. The normalized spacial score (nSPS) is 10.9. The Balaban J connectivity index is 1.79. The first-order valence-corrected chi connectivity index (χ1v) is 7.56. The van der Waals surface area contributed by atoms with Crippen LogP contribution in [0.15, 0.2) is 18.2 Å². The molecule has 0 fully saturated rings. The number of benzene rings is 1. The third-order valence-corrected chi connectivity index (χ3v) is 3.65. The smallest absolute Gasteiger partial charge is 0.303 e. The highest BCUT2D eigenvalue weighted by atomic mass is 19.1. The largest absolute Gasteiger partial charge is 0.481 e. The van der Waals surface area contributed by atoms with Crippen LogP contribution in [0.5, 0.6) is 0 Å². The maximum absolute atomic E-state index is 13.2. The van der Waals surface area contributed by atoms with Gasteiger partial charge in [0.15, 0.2) is 0 Å². The SMILES string of the molecule is Cn1c(CCNC(=O)CCCCC(=O)O)nc2cc(F)ccc21. The van der Waals surface area contributed by atoms with Crippen LogP contribution in [-0.4, -0.2) is 33.1 Å². The van der Waals surface area contributed by atoms with Gasteiger partial charge in [-0.1, -0.05) is 0 Å². The highest BCUT2D eigenvalue weighted by Crippen LogP contribution is 2.16.